The van der Waals surface area contributed by atoms with Gasteiger partial charge in [-0.05, 0) is 30.5 Å². The molecule has 0 aliphatic carbocycles. The van der Waals surface area contributed by atoms with Crippen LogP contribution in [0.5, 0.6) is 5.75 Å². The molecular weight excluding hydrogens is 339 g/mol. The van der Waals surface area contributed by atoms with Crippen molar-refractivity contribution in [3.05, 3.63) is 45.7 Å². The molecule has 0 saturated carbocycles. The van der Waals surface area contributed by atoms with Crippen molar-refractivity contribution in [2.75, 3.05) is 13.7 Å². The molecule has 0 atom stereocenters. The van der Waals surface area contributed by atoms with Crippen molar-refractivity contribution in [2.24, 2.45) is 4.99 Å². The van der Waals surface area contributed by atoms with Crippen LogP contribution in [0.4, 0.5) is 4.39 Å². The number of ether oxygens (including phenoxy) is 1. The Hall–Kier alpha value is -2.15. The first-order valence-electron chi connectivity index (χ1n) is 8.32. The number of aliphatic imine (C=N–C) groups is 1. The van der Waals surface area contributed by atoms with Crippen molar-refractivity contribution in [3.8, 4) is 5.75 Å². The lowest BCUT2D eigenvalue weighted by Crippen LogP contribution is -2.36. The second kappa shape index (κ2) is 9.36. The summed E-state index contributed by atoms with van der Waals surface area (Å²) in [5.74, 6) is 0.969. The number of halogens is 1. The quantitative estimate of drug-likeness (QED) is 0.581. The molecule has 1 heterocycles. The maximum atomic E-state index is 13.7. The molecule has 0 radical (unpaired) electrons. The number of nitrogens with one attached hydrogen (secondary N) is 2. The number of nitrogens with zero attached hydrogens (tertiary/aromatic N) is 2. The summed E-state index contributed by atoms with van der Waals surface area (Å²) >= 11 is 1.64. The summed E-state index contributed by atoms with van der Waals surface area (Å²) < 4.78 is 18.7. The van der Waals surface area contributed by atoms with Gasteiger partial charge in [-0.25, -0.2) is 14.4 Å². The molecule has 25 heavy (non-hydrogen) atoms. The Morgan fingerprint density at radius 1 is 1.36 bits per heavy atom. The predicted molar refractivity (Wildman–Crippen MR) is 101 cm³/mol. The van der Waals surface area contributed by atoms with Crippen LogP contribution in [0.3, 0.4) is 0 Å². The van der Waals surface area contributed by atoms with Gasteiger partial charge < -0.3 is 15.4 Å². The second-order valence-electron chi connectivity index (χ2n) is 5.84. The Kier molecular flexibility index (Phi) is 7.18. The number of hydrogen-bond donors (Lipinski definition) is 2. The van der Waals surface area contributed by atoms with Crippen LogP contribution < -0.4 is 15.4 Å². The molecule has 0 unspecified atom stereocenters. The van der Waals surface area contributed by atoms with Crippen molar-refractivity contribution < 1.29 is 9.13 Å². The molecule has 1 aromatic heterocycles. The first-order chi connectivity index (χ1) is 12.0. The van der Waals surface area contributed by atoms with Crippen LogP contribution in [0.1, 0.15) is 43.0 Å². The van der Waals surface area contributed by atoms with Crippen LogP contribution >= 0.6 is 11.3 Å². The zero-order valence-corrected chi connectivity index (χ0v) is 15.9. The van der Waals surface area contributed by atoms with Gasteiger partial charge in [0.15, 0.2) is 17.5 Å². The molecule has 0 amide bonds. The van der Waals surface area contributed by atoms with Gasteiger partial charge in [-0.1, -0.05) is 19.9 Å². The van der Waals surface area contributed by atoms with E-state index in [4.69, 9.17) is 4.74 Å². The summed E-state index contributed by atoms with van der Waals surface area (Å²) in [6, 6.07) is 4.87. The topological polar surface area (TPSA) is 58.5 Å². The summed E-state index contributed by atoms with van der Waals surface area (Å²) in [6.45, 7) is 8.01. The molecule has 0 fully saturated rings. The van der Waals surface area contributed by atoms with Gasteiger partial charge in [-0.15, -0.1) is 11.3 Å². The van der Waals surface area contributed by atoms with Crippen molar-refractivity contribution in [2.45, 2.75) is 39.8 Å². The molecule has 136 valence electrons. The molecule has 2 N–H and O–H groups in total. The molecule has 5 nitrogen and oxygen atoms in total. The van der Waals surface area contributed by atoms with Crippen molar-refractivity contribution in [1.82, 2.24) is 15.6 Å². The lowest BCUT2D eigenvalue weighted by Gasteiger charge is -2.10. The molecule has 0 aliphatic heterocycles. The van der Waals surface area contributed by atoms with Gasteiger partial charge in [0.25, 0.3) is 0 Å². The van der Waals surface area contributed by atoms with E-state index in [2.05, 4.69) is 39.8 Å². The van der Waals surface area contributed by atoms with Gasteiger partial charge in [-0.3, -0.25) is 0 Å². The Morgan fingerprint density at radius 3 is 2.76 bits per heavy atom. The summed E-state index contributed by atoms with van der Waals surface area (Å²) in [4.78, 5) is 9.10. The maximum Gasteiger partial charge on any atom is 0.191 e. The summed E-state index contributed by atoms with van der Waals surface area (Å²) in [5, 5.41) is 9.56. The van der Waals surface area contributed by atoms with Crippen LogP contribution in [0, 0.1) is 5.82 Å². The Morgan fingerprint density at radius 2 is 2.16 bits per heavy atom. The van der Waals surface area contributed by atoms with Gasteiger partial charge in [0.2, 0.25) is 0 Å². The molecule has 0 bridgehead atoms. The van der Waals surface area contributed by atoms with Crippen LogP contribution in [0.15, 0.2) is 28.6 Å². The van der Waals surface area contributed by atoms with E-state index in [9.17, 15) is 4.39 Å². The SMILES string of the molecule is CCNC(=NCc1ccc(OC)c(F)c1)NCc1nc(C(C)C)cs1. The normalized spacial score (nSPS) is 11.7. The third-order valence-electron chi connectivity index (χ3n) is 3.55. The molecule has 7 heteroatoms. The fourth-order valence-corrected chi connectivity index (χ4v) is 3.05. The van der Waals surface area contributed by atoms with E-state index in [0.29, 0.717) is 25.0 Å². The average molecular weight is 364 g/mol. The first kappa shape index (κ1) is 19.2. The highest BCUT2D eigenvalue weighted by molar-refractivity contribution is 7.09. The van der Waals surface area contributed by atoms with E-state index in [1.165, 1.54) is 13.2 Å². The molecule has 1 aromatic carbocycles. The molecular formula is C18H25FN4OS. The number of hydrogen-bond acceptors (Lipinski definition) is 4. The minimum atomic E-state index is -0.378. The number of guanidine groups is 1. The molecule has 2 aromatic rings. The Labute approximate surface area is 152 Å². The number of thiazole rings is 1. The predicted octanol–water partition coefficient (Wildman–Crippen LogP) is 3.67. The number of aromatic nitrogens is 1. The minimum Gasteiger partial charge on any atom is -0.494 e. The third-order valence-corrected chi connectivity index (χ3v) is 4.42. The summed E-state index contributed by atoms with van der Waals surface area (Å²) in [5.41, 5.74) is 1.89. The Balaban J connectivity index is 1.98. The standard InChI is InChI=1S/C18H25FN4OS/c1-5-20-18(22-10-17-23-15(11-25-17)12(2)3)21-9-13-6-7-16(24-4)14(19)8-13/h6-8,11-12H,5,9-10H2,1-4H3,(H2,20,21,22). The van der Waals surface area contributed by atoms with Crippen LogP contribution in [0.2, 0.25) is 0 Å². The fraction of sp³-hybridized carbons (Fsp3) is 0.444. The van der Waals surface area contributed by atoms with E-state index in [1.54, 1.807) is 17.4 Å². The second-order valence-corrected chi connectivity index (χ2v) is 6.78. The van der Waals surface area contributed by atoms with Crippen LogP contribution in [-0.4, -0.2) is 24.6 Å². The van der Waals surface area contributed by atoms with E-state index in [1.807, 2.05) is 13.0 Å². The lowest BCUT2D eigenvalue weighted by atomic mass is 10.2. The maximum absolute atomic E-state index is 13.7. The molecule has 0 aliphatic rings. The van der Waals surface area contributed by atoms with E-state index < -0.39 is 0 Å². The first-order valence-corrected chi connectivity index (χ1v) is 9.20. The third kappa shape index (κ3) is 5.70. The zero-order valence-electron chi connectivity index (χ0n) is 15.1. The number of rotatable bonds is 7. The average Bonchev–Trinajstić information content (AvgIpc) is 3.07. The van der Waals surface area contributed by atoms with Crippen LogP contribution in [-0.2, 0) is 13.1 Å². The molecule has 2 rings (SSSR count). The fourth-order valence-electron chi connectivity index (χ4n) is 2.15. The van der Waals surface area contributed by atoms with Crippen molar-refractivity contribution in [3.63, 3.8) is 0 Å². The van der Waals surface area contributed by atoms with Gasteiger partial charge in [0.1, 0.15) is 5.01 Å². The van der Waals surface area contributed by atoms with Gasteiger partial charge in [-0.2, -0.15) is 0 Å². The summed E-state index contributed by atoms with van der Waals surface area (Å²) in [7, 11) is 1.45. The van der Waals surface area contributed by atoms with Crippen molar-refractivity contribution >= 4 is 17.3 Å². The van der Waals surface area contributed by atoms with Gasteiger partial charge in [0, 0.05) is 11.9 Å². The van der Waals surface area contributed by atoms with Gasteiger partial charge in [0.05, 0.1) is 25.9 Å². The highest BCUT2D eigenvalue weighted by Gasteiger charge is 2.07. The summed E-state index contributed by atoms with van der Waals surface area (Å²) in [6.07, 6.45) is 0. The largest absolute Gasteiger partial charge is 0.494 e. The van der Waals surface area contributed by atoms with Crippen molar-refractivity contribution in [1.29, 1.82) is 0 Å². The monoisotopic (exact) mass is 364 g/mol. The highest BCUT2D eigenvalue weighted by atomic mass is 32.1. The lowest BCUT2D eigenvalue weighted by molar-refractivity contribution is 0.386. The molecule has 0 saturated heterocycles. The number of benzene rings is 1. The zero-order chi connectivity index (χ0) is 18.2. The van der Waals surface area contributed by atoms with Gasteiger partial charge >= 0.3 is 0 Å². The smallest absolute Gasteiger partial charge is 0.191 e. The van der Waals surface area contributed by atoms with E-state index in [0.717, 1.165) is 22.8 Å². The highest BCUT2D eigenvalue weighted by Crippen LogP contribution is 2.18. The van der Waals surface area contributed by atoms with Crippen LogP contribution in [0.25, 0.3) is 0 Å². The minimum absolute atomic E-state index is 0.238. The number of methoxy groups -OCH3 is 1. The van der Waals surface area contributed by atoms with E-state index in [-0.39, 0.29) is 11.6 Å². The van der Waals surface area contributed by atoms with E-state index >= 15 is 0 Å². The Bertz CT molecular complexity index is 715. The molecule has 0 spiro atoms.